The van der Waals surface area contributed by atoms with Crippen LogP contribution < -0.4 is 11.1 Å². The zero-order chi connectivity index (χ0) is 16.2. The minimum absolute atomic E-state index is 0.0116. The summed E-state index contributed by atoms with van der Waals surface area (Å²) in [5.41, 5.74) is 6.14. The van der Waals surface area contributed by atoms with Crippen molar-refractivity contribution in [2.45, 2.75) is 40.2 Å². The molecule has 6 heteroatoms. The molecule has 1 amide bonds. The lowest BCUT2D eigenvalue weighted by molar-refractivity contribution is -0.131. The third kappa shape index (κ3) is 3.39. The van der Waals surface area contributed by atoms with Crippen LogP contribution in [0.25, 0.3) is 11.5 Å². The Morgan fingerprint density at radius 1 is 1.41 bits per heavy atom. The summed E-state index contributed by atoms with van der Waals surface area (Å²) in [6.07, 6.45) is 1.46. The summed E-state index contributed by atoms with van der Waals surface area (Å²) in [6, 6.07) is 3.75. The largest absolute Gasteiger partial charge is 0.458 e. The van der Waals surface area contributed by atoms with E-state index in [0.717, 1.165) is 29.3 Å². The van der Waals surface area contributed by atoms with Crippen molar-refractivity contribution in [3.05, 3.63) is 28.3 Å². The summed E-state index contributed by atoms with van der Waals surface area (Å²) < 4.78 is 5.75. The molecule has 0 saturated carbocycles. The molecule has 0 fully saturated rings. The Hall–Kier alpha value is -1.66. The molecule has 0 bridgehead atoms. The van der Waals surface area contributed by atoms with Gasteiger partial charge in [0.25, 0.3) is 0 Å². The first-order valence-corrected chi connectivity index (χ1v) is 8.42. The molecule has 0 unspecified atom stereocenters. The zero-order valence-corrected chi connectivity index (χ0v) is 14.1. The van der Waals surface area contributed by atoms with Crippen LogP contribution in [0.1, 0.15) is 37.5 Å². The Kier molecular flexibility index (Phi) is 5.37. The molecule has 5 nitrogen and oxygen atoms in total. The SMILES string of the molecule is CCC(CC)(CN)C(=O)NCc1ccc(-c2csc(C)n2)o1. The Labute approximate surface area is 134 Å². The lowest BCUT2D eigenvalue weighted by atomic mass is 9.81. The molecule has 2 heterocycles. The van der Waals surface area contributed by atoms with Gasteiger partial charge in [-0.15, -0.1) is 11.3 Å². The lowest BCUT2D eigenvalue weighted by Gasteiger charge is -2.28. The number of carbonyl (C=O) groups is 1. The smallest absolute Gasteiger partial charge is 0.227 e. The minimum atomic E-state index is -0.485. The predicted octanol–water partition coefficient (Wildman–Crippen LogP) is 3.09. The predicted molar refractivity (Wildman–Crippen MR) is 88.5 cm³/mol. The quantitative estimate of drug-likeness (QED) is 0.821. The van der Waals surface area contributed by atoms with E-state index < -0.39 is 5.41 Å². The maximum atomic E-state index is 12.4. The molecule has 2 aromatic heterocycles. The van der Waals surface area contributed by atoms with Crippen molar-refractivity contribution < 1.29 is 9.21 Å². The number of hydrogen-bond acceptors (Lipinski definition) is 5. The lowest BCUT2D eigenvalue weighted by Crippen LogP contribution is -2.44. The summed E-state index contributed by atoms with van der Waals surface area (Å²) in [5, 5.41) is 5.89. The van der Waals surface area contributed by atoms with Gasteiger partial charge in [-0.3, -0.25) is 4.79 Å². The molecule has 0 spiro atoms. The number of nitrogens with two attached hydrogens (primary N) is 1. The highest BCUT2D eigenvalue weighted by molar-refractivity contribution is 7.09. The molecule has 2 aromatic rings. The van der Waals surface area contributed by atoms with Crippen LogP contribution in [0, 0.1) is 12.3 Å². The van der Waals surface area contributed by atoms with Crippen LogP contribution in [0.15, 0.2) is 21.9 Å². The van der Waals surface area contributed by atoms with E-state index >= 15 is 0 Å². The van der Waals surface area contributed by atoms with Gasteiger partial charge in [-0.2, -0.15) is 0 Å². The molecule has 22 heavy (non-hydrogen) atoms. The summed E-state index contributed by atoms with van der Waals surface area (Å²) in [7, 11) is 0. The number of hydrogen-bond donors (Lipinski definition) is 2. The van der Waals surface area contributed by atoms with E-state index in [-0.39, 0.29) is 5.91 Å². The first kappa shape index (κ1) is 16.7. The maximum absolute atomic E-state index is 12.4. The molecule has 0 aliphatic carbocycles. The van der Waals surface area contributed by atoms with Gasteiger partial charge in [-0.25, -0.2) is 4.98 Å². The highest BCUT2D eigenvalue weighted by atomic mass is 32.1. The molecular formula is C16H23N3O2S. The second kappa shape index (κ2) is 7.07. The fourth-order valence-corrected chi connectivity index (χ4v) is 3.00. The van der Waals surface area contributed by atoms with Crippen molar-refractivity contribution in [2.24, 2.45) is 11.1 Å². The van der Waals surface area contributed by atoms with Crippen LogP contribution in [0.3, 0.4) is 0 Å². The standard InChI is InChI=1S/C16H23N3O2S/c1-4-16(5-2,10-17)15(20)18-8-12-6-7-14(21-12)13-9-22-11(3)19-13/h6-7,9H,4-5,8,10,17H2,1-3H3,(H,18,20). The van der Waals surface area contributed by atoms with Crippen LogP contribution in [0.5, 0.6) is 0 Å². The highest BCUT2D eigenvalue weighted by Gasteiger charge is 2.33. The molecule has 0 saturated heterocycles. The van der Waals surface area contributed by atoms with E-state index in [2.05, 4.69) is 10.3 Å². The monoisotopic (exact) mass is 321 g/mol. The number of nitrogens with zero attached hydrogens (tertiary/aromatic N) is 1. The van der Waals surface area contributed by atoms with E-state index in [1.807, 2.05) is 38.3 Å². The second-order valence-electron chi connectivity index (χ2n) is 5.39. The van der Waals surface area contributed by atoms with Gasteiger partial charge < -0.3 is 15.5 Å². The molecule has 120 valence electrons. The Morgan fingerprint density at radius 3 is 2.68 bits per heavy atom. The van der Waals surface area contributed by atoms with Gasteiger partial charge in [0, 0.05) is 11.9 Å². The van der Waals surface area contributed by atoms with Gasteiger partial charge in [-0.1, -0.05) is 13.8 Å². The van der Waals surface area contributed by atoms with Gasteiger partial charge in [0.05, 0.1) is 17.0 Å². The van der Waals surface area contributed by atoms with Crippen LogP contribution in [-0.2, 0) is 11.3 Å². The molecular weight excluding hydrogens is 298 g/mol. The fraction of sp³-hybridized carbons (Fsp3) is 0.500. The summed E-state index contributed by atoms with van der Waals surface area (Å²) in [5.74, 6) is 1.43. The molecule has 3 N–H and O–H groups in total. The normalized spacial score (nSPS) is 11.6. The summed E-state index contributed by atoms with van der Waals surface area (Å²) in [4.78, 5) is 16.8. The number of thiazole rings is 1. The molecule has 0 aliphatic heterocycles. The van der Waals surface area contributed by atoms with E-state index in [1.165, 1.54) is 0 Å². The highest BCUT2D eigenvalue weighted by Crippen LogP contribution is 2.26. The van der Waals surface area contributed by atoms with E-state index in [1.54, 1.807) is 11.3 Å². The van der Waals surface area contributed by atoms with Crippen LogP contribution >= 0.6 is 11.3 Å². The Bertz CT molecular complexity index is 621. The zero-order valence-electron chi connectivity index (χ0n) is 13.3. The number of amides is 1. The van der Waals surface area contributed by atoms with Gasteiger partial charge >= 0.3 is 0 Å². The van der Waals surface area contributed by atoms with Crippen LogP contribution in [-0.4, -0.2) is 17.4 Å². The Balaban J connectivity index is 2.00. The molecule has 0 aromatic carbocycles. The number of furan rings is 1. The first-order valence-electron chi connectivity index (χ1n) is 7.54. The molecule has 0 radical (unpaired) electrons. The van der Waals surface area contributed by atoms with Crippen molar-refractivity contribution in [1.82, 2.24) is 10.3 Å². The topological polar surface area (TPSA) is 81.2 Å². The average Bonchev–Trinajstić information content (AvgIpc) is 3.16. The number of aryl methyl sites for hydroxylation is 1. The van der Waals surface area contributed by atoms with Crippen molar-refractivity contribution in [1.29, 1.82) is 0 Å². The molecule has 0 atom stereocenters. The third-order valence-electron chi connectivity index (χ3n) is 4.18. The van der Waals surface area contributed by atoms with E-state index in [0.29, 0.717) is 18.8 Å². The maximum Gasteiger partial charge on any atom is 0.227 e. The summed E-state index contributed by atoms with van der Waals surface area (Å²) >= 11 is 1.58. The van der Waals surface area contributed by atoms with Gasteiger partial charge in [0.1, 0.15) is 11.5 Å². The van der Waals surface area contributed by atoms with Gasteiger partial charge in [-0.05, 0) is 31.9 Å². The third-order valence-corrected chi connectivity index (χ3v) is 4.96. The number of nitrogens with one attached hydrogen (secondary N) is 1. The van der Waals surface area contributed by atoms with Crippen molar-refractivity contribution in [2.75, 3.05) is 6.54 Å². The van der Waals surface area contributed by atoms with Crippen molar-refractivity contribution in [3.63, 3.8) is 0 Å². The Morgan fingerprint density at radius 2 is 2.14 bits per heavy atom. The van der Waals surface area contributed by atoms with Crippen molar-refractivity contribution >= 4 is 17.2 Å². The van der Waals surface area contributed by atoms with Crippen LogP contribution in [0.4, 0.5) is 0 Å². The van der Waals surface area contributed by atoms with Gasteiger partial charge in [0.2, 0.25) is 5.91 Å². The van der Waals surface area contributed by atoms with E-state index in [9.17, 15) is 4.79 Å². The minimum Gasteiger partial charge on any atom is -0.458 e. The molecule has 2 rings (SSSR count). The average molecular weight is 321 g/mol. The number of carbonyl (C=O) groups excluding carboxylic acids is 1. The first-order chi connectivity index (χ1) is 10.5. The van der Waals surface area contributed by atoms with Crippen LogP contribution in [0.2, 0.25) is 0 Å². The second-order valence-corrected chi connectivity index (χ2v) is 6.45. The van der Waals surface area contributed by atoms with Crippen molar-refractivity contribution in [3.8, 4) is 11.5 Å². The van der Waals surface area contributed by atoms with Gasteiger partial charge in [0.15, 0.2) is 5.76 Å². The molecule has 0 aliphatic rings. The summed E-state index contributed by atoms with van der Waals surface area (Å²) in [6.45, 7) is 6.66. The van der Waals surface area contributed by atoms with E-state index in [4.69, 9.17) is 10.2 Å². The number of rotatable bonds is 7. The fourth-order valence-electron chi connectivity index (χ4n) is 2.39. The number of aromatic nitrogens is 1.